The number of amides is 1. The van der Waals surface area contributed by atoms with Gasteiger partial charge in [-0.2, -0.15) is 0 Å². The van der Waals surface area contributed by atoms with Crippen LogP contribution in [0, 0.1) is 5.82 Å². The van der Waals surface area contributed by atoms with Crippen LogP contribution in [-0.4, -0.2) is 61.1 Å². The number of aliphatic hydroxyl groups is 1. The number of hydrogen-bond donors (Lipinski definition) is 2. The highest BCUT2D eigenvalue weighted by molar-refractivity contribution is 6.46. The first-order chi connectivity index (χ1) is 14.6. The minimum atomic E-state index is -0.966. The zero-order chi connectivity index (χ0) is 21.1. The number of likely N-dealkylation sites (tertiary alicyclic amines) is 1. The van der Waals surface area contributed by atoms with Crippen LogP contribution in [0.3, 0.4) is 0 Å². The quantitative estimate of drug-likeness (QED) is 0.440. The lowest BCUT2D eigenvalue weighted by molar-refractivity contribution is -0.907. The molecule has 0 aromatic heterocycles. The fourth-order valence-electron chi connectivity index (χ4n) is 4.07. The summed E-state index contributed by atoms with van der Waals surface area (Å²) in [6, 6.07) is 13.6. The predicted octanol–water partition coefficient (Wildman–Crippen LogP) is 1.16. The van der Waals surface area contributed by atoms with Gasteiger partial charge in [0.05, 0.1) is 37.9 Å². The van der Waals surface area contributed by atoms with Crippen LogP contribution in [0.15, 0.2) is 60.2 Å². The molecule has 0 unspecified atom stereocenters. The van der Waals surface area contributed by atoms with Crippen LogP contribution in [0.5, 0.6) is 0 Å². The van der Waals surface area contributed by atoms with Crippen molar-refractivity contribution < 1.29 is 28.7 Å². The number of carbonyl (C=O) groups is 2. The summed E-state index contributed by atoms with van der Waals surface area (Å²) in [5.74, 6) is -2.31. The van der Waals surface area contributed by atoms with Crippen LogP contribution in [0.2, 0.25) is 0 Å². The molecular weight excluding hydrogens is 387 g/mol. The maximum atomic E-state index is 14.7. The van der Waals surface area contributed by atoms with Gasteiger partial charge in [-0.15, -0.1) is 0 Å². The first kappa shape index (κ1) is 20.3. The number of ether oxygens (including phenoxy) is 1. The van der Waals surface area contributed by atoms with Crippen LogP contribution in [0.25, 0.3) is 5.76 Å². The summed E-state index contributed by atoms with van der Waals surface area (Å²) >= 11 is 0. The average molecular weight is 411 g/mol. The number of nitrogens with zero attached hydrogens (tertiary/aromatic N) is 1. The molecular formula is C23H24FN2O4+. The van der Waals surface area contributed by atoms with E-state index in [2.05, 4.69) is 0 Å². The smallest absolute Gasteiger partial charge is 0.295 e. The van der Waals surface area contributed by atoms with Crippen molar-refractivity contribution in [3.8, 4) is 0 Å². The highest BCUT2D eigenvalue weighted by Gasteiger charge is 2.47. The molecule has 6 nitrogen and oxygen atoms in total. The van der Waals surface area contributed by atoms with Gasteiger partial charge in [0.25, 0.3) is 11.7 Å². The summed E-state index contributed by atoms with van der Waals surface area (Å²) in [6.07, 6.45) is 0. The van der Waals surface area contributed by atoms with Crippen molar-refractivity contribution in [2.24, 2.45) is 0 Å². The molecule has 0 bridgehead atoms. The monoisotopic (exact) mass is 411 g/mol. The standard InChI is InChI=1S/C23H23FN2O4/c24-18-9-5-4-8-17(18)20-19(21(27)16-6-2-1-3-7-16)22(28)23(29)26(20)11-10-25-12-14-30-15-13-25/h1-9,20,27H,10-15H2/p+1/t20-/m1/s1. The number of quaternary nitrogens is 1. The van der Waals surface area contributed by atoms with Crippen LogP contribution in [-0.2, 0) is 14.3 Å². The van der Waals surface area contributed by atoms with Crippen LogP contribution < -0.4 is 4.90 Å². The van der Waals surface area contributed by atoms with Crippen LogP contribution in [0.1, 0.15) is 17.2 Å². The Morgan fingerprint density at radius 1 is 1.07 bits per heavy atom. The summed E-state index contributed by atoms with van der Waals surface area (Å²) in [5.41, 5.74) is 0.537. The van der Waals surface area contributed by atoms with E-state index in [1.165, 1.54) is 15.9 Å². The minimum Gasteiger partial charge on any atom is -0.507 e. The van der Waals surface area contributed by atoms with E-state index in [0.29, 0.717) is 25.3 Å². The molecule has 1 amide bonds. The molecule has 30 heavy (non-hydrogen) atoms. The van der Waals surface area contributed by atoms with Crippen molar-refractivity contribution in [1.29, 1.82) is 0 Å². The van der Waals surface area contributed by atoms with Gasteiger partial charge in [-0.25, -0.2) is 4.39 Å². The van der Waals surface area contributed by atoms with Crippen molar-refractivity contribution in [2.75, 3.05) is 39.4 Å². The Morgan fingerprint density at radius 2 is 1.73 bits per heavy atom. The number of benzene rings is 2. The van der Waals surface area contributed by atoms with Gasteiger partial charge < -0.3 is 19.6 Å². The van der Waals surface area contributed by atoms with E-state index >= 15 is 0 Å². The number of nitrogens with one attached hydrogen (secondary N) is 1. The van der Waals surface area contributed by atoms with E-state index in [9.17, 15) is 19.1 Å². The summed E-state index contributed by atoms with van der Waals surface area (Å²) in [4.78, 5) is 28.5. The molecule has 2 N–H and O–H groups in total. The minimum absolute atomic E-state index is 0.0757. The molecule has 2 aromatic carbocycles. The normalized spacial score (nSPS) is 21.9. The lowest BCUT2D eigenvalue weighted by atomic mass is 9.95. The van der Waals surface area contributed by atoms with Crippen molar-refractivity contribution in [3.63, 3.8) is 0 Å². The summed E-state index contributed by atoms with van der Waals surface area (Å²) in [7, 11) is 0. The molecule has 2 saturated heterocycles. The average Bonchev–Trinajstić information content (AvgIpc) is 3.03. The second-order valence-corrected chi connectivity index (χ2v) is 7.49. The van der Waals surface area contributed by atoms with E-state index in [1.807, 2.05) is 0 Å². The lowest BCUT2D eigenvalue weighted by Crippen LogP contribution is -3.14. The predicted molar refractivity (Wildman–Crippen MR) is 108 cm³/mol. The van der Waals surface area contributed by atoms with Gasteiger partial charge in [-0.3, -0.25) is 9.59 Å². The Morgan fingerprint density at radius 3 is 2.43 bits per heavy atom. The highest BCUT2D eigenvalue weighted by Crippen LogP contribution is 2.39. The van der Waals surface area contributed by atoms with Crippen molar-refractivity contribution in [2.45, 2.75) is 6.04 Å². The van der Waals surface area contributed by atoms with E-state index in [0.717, 1.165) is 13.1 Å². The topological polar surface area (TPSA) is 71.3 Å². The number of hydrogen-bond acceptors (Lipinski definition) is 4. The maximum absolute atomic E-state index is 14.7. The summed E-state index contributed by atoms with van der Waals surface area (Å²) in [6.45, 7) is 3.84. The van der Waals surface area contributed by atoms with Gasteiger partial charge >= 0.3 is 0 Å². The first-order valence-electron chi connectivity index (χ1n) is 10.1. The fraction of sp³-hybridized carbons (Fsp3) is 0.304. The van der Waals surface area contributed by atoms with Gasteiger partial charge in [0.15, 0.2) is 0 Å². The molecule has 0 radical (unpaired) electrons. The number of morpholine rings is 1. The van der Waals surface area contributed by atoms with Gasteiger partial charge in [0.2, 0.25) is 0 Å². The number of halogens is 1. The van der Waals surface area contributed by atoms with Gasteiger partial charge in [0.1, 0.15) is 24.7 Å². The molecule has 2 fully saturated rings. The second kappa shape index (κ2) is 8.77. The molecule has 0 aliphatic carbocycles. The van der Waals surface area contributed by atoms with Gasteiger partial charge in [0, 0.05) is 11.1 Å². The van der Waals surface area contributed by atoms with E-state index in [1.54, 1.807) is 48.5 Å². The van der Waals surface area contributed by atoms with Crippen molar-refractivity contribution >= 4 is 17.4 Å². The zero-order valence-electron chi connectivity index (χ0n) is 16.5. The van der Waals surface area contributed by atoms with Gasteiger partial charge in [-0.05, 0) is 6.07 Å². The molecule has 0 saturated carbocycles. The first-order valence-corrected chi connectivity index (χ1v) is 10.1. The van der Waals surface area contributed by atoms with E-state index in [-0.39, 0.29) is 23.4 Å². The molecule has 2 aliphatic rings. The van der Waals surface area contributed by atoms with E-state index in [4.69, 9.17) is 4.74 Å². The zero-order valence-corrected chi connectivity index (χ0v) is 16.5. The third-order valence-corrected chi connectivity index (χ3v) is 5.69. The molecule has 0 spiro atoms. The second-order valence-electron chi connectivity index (χ2n) is 7.49. The third-order valence-electron chi connectivity index (χ3n) is 5.69. The largest absolute Gasteiger partial charge is 0.507 e. The molecule has 2 aromatic rings. The van der Waals surface area contributed by atoms with Crippen LogP contribution >= 0.6 is 0 Å². The SMILES string of the molecule is O=C1C(=O)N(CC[NH+]2CCOCC2)[C@H](c2ccccc2F)C1=C(O)c1ccccc1. The molecule has 2 aliphatic heterocycles. The van der Waals surface area contributed by atoms with Gasteiger partial charge in [-0.1, -0.05) is 48.5 Å². The Balaban J connectivity index is 1.74. The van der Waals surface area contributed by atoms with Crippen LogP contribution in [0.4, 0.5) is 4.39 Å². The lowest BCUT2D eigenvalue weighted by Gasteiger charge is -2.29. The fourth-order valence-corrected chi connectivity index (χ4v) is 4.07. The summed E-state index contributed by atoms with van der Waals surface area (Å²) in [5, 5.41) is 10.9. The molecule has 2 heterocycles. The third kappa shape index (κ3) is 3.86. The van der Waals surface area contributed by atoms with Crippen molar-refractivity contribution in [3.05, 3.63) is 77.1 Å². The molecule has 1 atom stereocenters. The number of rotatable bonds is 5. The number of ketones is 1. The molecule has 7 heteroatoms. The maximum Gasteiger partial charge on any atom is 0.295 e. The van der Waals surface area contributed by atoms with E-state index < -0.39 is 23.5 Å². The molecule has 156 valence electrons. The Labute approximate surface area is 174 Å². The highest BCUT2D eigenvalue weighted by atomic mass is 19.1. The Bertz CT molecular complexity index is 970. The number of carbonyl (C=O) groups excluding carboxylic acids is 2. The Hall–Kier alpha value is -3.03. The summed E-state index contributed by atoms with van der Waals surface area (Å²) < 4.78 is 20.1. The van der Waals surface area contributed by atoms with Crippen molar-refractivity contribution in [1.82, 2.24) is 4.90 Å². The number of aliphatic hydroxyl groups excluding tert-OH is 1. The molecule has 4 rings (SSSR count). The number of Topliss-reactive ketones (excluding diaryl/α,β-unsaturated/α-hetero) is 1. The Kier molecular flexibility index (Phi) is 5.92.